The molecule has 4 amide bonds. The molecule has 8 heteroatoms. The summed E-state index contributed by atoms with van der Waals surface area (Å²) in [6.45, 7) is 1.61. The molecule has 2 N–H and O–H groups in total. The van der Waals surface area contributed by atoms with Crippen molar-refractivity contribution in [2.24, 2.45) is 5.92 Å². The van der Waals surface area contributed by atoms with Crippen molar-refractivity contribution in [3.8, 4) is 0 Å². The summed E-state index contributed by atoms with van der Waals surface area (Å²) in [6.07, 6.45) is 1.85. The SMILES string of the molecule is Cc1ccc(N2C[C@@H](C(=O)OCC(=O)NC(=O)NC3CC3)CC2=O)cc1. The van der Waals surface area contributed by atoms with Crippen molar-refractivity contribution in [3.05, 3.63) is 29.8 Å². The number of aryl methyl sites for hydroxylation is 1. The number of carbonyl (C=O) groups is 4. The summed E-state index contributed by atoms with van der Waals surface area (Å²) in [5, 5.41) is 4.70. The first-order valence-corrected chi connectivity index (χ1v) is 8.56. The highest BCUT2D eigenvalue weighted by atomic mass is 16.5. The van der Waals surface area contributed by atoms with E-state index in [9.17, 15) is 19.2 Å². The molecule has 0 bridgehead atoms. The quantitative estimate of drug-likeness (QED) is 0.760. The average Bonchev–Trinajstić information content (AvgIpc) is 3.32. The van der Waals surface area contributed by atoms with Crippen molar-refractivity contribution in [3.63, 3.8) is 0 Å². The standard InChI is InChI=1S/C18H21N3O5/c1-11-2-6-14(7-3-11)21-9-12(8-16(21)23)17(24)26-10-15(22)20-18(25)19-13-4-5-13/h2-3,6-7,12-13H,4-5,8-10H2,1H3,(H2,19,20,22,25)/t12-/m0/s1. The molecule has 1 atom stereocenters. The van der Waals surface area contributed by atoms with Crippen LogP contribution in [0.25, 0.3) is 0 Å². The van der Waals surface area contributed by atoms with Gasteiger partial charge in [0.25, 0.3) is 5.91 Å². The van der Waals surface area contributed by atoms with Gasteiger partial charge in [-0.05, 0) is 31.9 Å². The van der Waals surface area contributed by atoms with Crippen LogP contribution in [-0.4, -0.2) is 43.0 Å². The topological polar surface area (TPSA) is 105 Å². The third-order valence-corrected chi connectivity index (χ3v) is 4.32. The molecule has 0 unspecified atom stereocenters. The minimum Gasteiger partial charge on any atom is -0.455 e. The van der Waals surface area contributed by atoms with Crippen LogP contribution in [0.3, 0.4) is 0 Å². The van der Waals surface area contributed by atoms with E-state index in [1.54, 1.807) is 0 Å². The van der Waals surface area contributed by atoms with Crippen molar-refractivity contribution in [2.75, 3.05) is 18.1 Å². The van der Waals surface area contributed by atoms with E-state index >= 15 is 0 Å². The van der Waals surface area contributed by atoms with Crippen LogP contribution >= 0.6 is 0 Å². The van der Waals surface area contributed by atoms with Crippen LogP contribution in [0.1, 0.15) is 24.8 Å². The third kappa shape index (κ3) is 4.59. The Bertz CT molecular complexity index is 727. The van der Waals surface area contributed by atoms with Crippen LogP contribution in [0.15, 0.2) is 24.3 Å². The van der Waals surface area contributed by atoms with Crippen molar-refractivity contribution < 1.29 is 23.9 Å². The van der Waals surface area contributed by atoms with Crippen LogP contribution in [0.4, 0.5) is 10.5 Å². The normalized spacial score (nSPS) is 19.2. The van der Waals surface area contributed by atoms with Gasteiger partial charge in [-0.3, -0.25) is 19.7 Å². The molecule has 2 fully saturated rings. The molecular weight excluding hydrogens is 338 g/mol. The molecule has 0 aromatic heterocycles. The number of urea groups is 1. The van der Waals surface area contributed by atoms with Crippen molar-refractivity contribution in [2.45, 2.75) is 32.2 Å². The van der Waals surface area contributed by atoms with E-state index in [0.29, 0.717) is 0 Å². The zero-order valence-electron chi connectivity index (χ0n) is 14.5. The minimum absolute atomic E-state index is 0.0382. The number of ether oxygens (including phenoxy) is 1. The summed E-state index contributed by atoms with van der Waals surface area (Å²) in [4.78, 5) is 48.9. The van der Waals surface area contributed by atoms with Gasteiger partial charge in [0.2, 0.25) is 5.91 Å². The molecule has 0 spiro atoms. The first-order chi connectivity index (χ1) is 12.4. The second kappa shape index (κ2) is 7.55. The highest BCUT2D eigenvalue weighted by molar-refractivity contribution is 6.00. The molecule has 0 radical (unpaired) electrons. The van der Waals surface area contributed by atoms with Crippen molar-refractivity contribution >= 4 is 29.5 Å². The fourth-order valence-corrected chi connectivity index (χ4v) is 2.71. The second-order valence-electron chi connectivity index (χ2n) is 6.64. The molecule has 1 saturated heterocycles. The maximum Gasteiger partial charge on any atom is 0.321 e. The van der Waals surface area contributed by atoms with Gasteiger partial charge in [-0.1, -0.05) is 17.7 Å². The Morgan fingerprint density at radius 1 is 1.19 bits per heavy atom. The molecule has 26 heavy (non-hydrogen) atoms. The number of hydrogen-bond donors (Lipinski definition) is 2. The van der Waals surface area contributed by atoms with Crippen LogP contribution < -0.4 is 15.5 Å². The number of esters is 1. The first kappa shape index (κ1) is 17.9. The number of amides is 4. The third-order valence-electron chi connectivity index (χ3n) is 4.32. The van der Waals surface area contributed by atoms with E-state index in [0.717, 1.165) is 24.1 Å². The molecular formula is C18H21N3O5. The number of hydrogen-bond acceptors (Lipinski definition) is 5. The predicted molar refractivity (Wildman–Crippen MR) is 92.3 cm³/mol. The highest BCUT2D eigenvalue weighted by Crippen LogP contribution is 2.26. The lowest BCUT2D eigenvalue weighted by atomic mass is 10.1. The molecule has 1 aliphatic heterocycles. The highest BCUT2D eigenvalue weighted by Gasteiger charge is 2.36. The summed E-state index contributed by atoms with van der Waals surface area (Å²) in [7, 11) is 0. The number of rotatable bonds is 5. The fourth-order valence-electron chi connectivity index (χ4n) is 2.71. The lowest BCUT2D eigenvalue weighted by Gasteiger charge is -2.16. The van der Waals surface area contributed by atoms with Gasteiger partial charge in [-0.25, -0.2) is 4.79 Å². The lowest BCUT2D eigenvalue weighted by molar-refractivity contribution is -0.152. The molecule has 8 nitrogen and oxygen atoms in total. The Hall–Kier alpha value is -2.90. The van der Waals surface area contributed by atoms with E-state index in [2.05, 4.69) is 10.6 Å². The maximum atomic E-state index is 12.2. The number of nitrogens with zero attached hydrogens (tertiary/aromatic N) is 1. The van der Waals surface area contributed by atoms with Gasteiger partial charge in [0.05, 0.1) is 5.92 Å². The summed E-state index contributed by atoms with van der Waals surface area (Å²) in [6, 6.07) is 6.98. The first-order valence-electron chi connectivity index (χ1n) is 8.56. The molecule has 1 aliphatic carbocycles. The Morgan fingerprint density at radius 3 is 2.54 bits per heavy atom. The van der Waals surface area contributed by atoms with Crippen molar-refractivity contribution in [1.82, 2.24) is 10.6 Å². The molecule has 3 rings (SSSR count). The van der Waals surface area contributed by atoms with E-state index in [1.165, 1.54) is 4.90 Å². The summed E-state index contributed by atoms with van der Waals surface area (Å²) >= 11 is 0. The smallest absolute Gasteiger partial charge is 0.321 e. The Labute approximate surface area is 150 Å². The van der Waals surface area contributed by atoms with Crippen LogP contribution in [0.5, 0.6) is 0 Å². The molecule has 1 saturated carbocycles. The van der Waals surface area contributed by atoms with E-state index in [1.807, 2.05) is 31.2 Å². The Morgan fingerprint density at radius 2 is 1.88 bits per heavy atom. The largest absolute Gasteiger partial charge is 0.455 e. The van der Waals surface area contributed by atoms with Crippen molar-refractivity contribution in [1.29, 1.82) is 0 Å². The van der Waals surface area contributed by atoms with Crippen LogP contribution in [0.2, 0.25) is 0 Å². The fraction of sp³-hybridized carbons (Fsp3) is 0.444. The Kier molecular flexibility index (Phi) is 5.20. The Balaban J connectivity index is 1.46. The number of anilines is 1. The predicted octanol–water partition coefficient (Wildman–Crippen LogP) is 0.879. The number of imide groups is 1. The van der Waals surface area contributed by atoms with E-state index in [4.69, 9.17) is 4.74 Å². The monoisotopic (exact) mass is 359 g/mol. The van der Waals surface area contributed by atoms with Gasteiger partial charge in [0.15, 0.2) is 6.61 Å². The van der Waals surface area contributed by atoms with Gasteiger partial charge >= 0.3 is 12.0 Å². The molecule has 2 aliphatic rings. The second-order valence-corrected chi connectivity index (χ2v) is 6.64. The van der Waals surface area contributed by atoms with Gasteiger partial charge in [0, 0.05) is 24.7 Å². The molecule has 1 aromatic rings. The van der Waals surface area contributed by atoms with E-state index in [-0.39, 0.29) is 24.9 Å². The minimum atomic E-state index is -0.698. The summed E-state index contributed by atoms with van der Waals surface area (Å²) in [5.41, 5.74) is 1.80. The number of nitrogens with one attached hydrogen (secondary N) is 2. The average molecular weight is 359 g/mol. The van der Waals surface area contributed by atoms with Gasteiger partial charge in [-0.15, -0.1) is 0 Å². The molecule has 138 valence electrons. The van der Waals surface area contributed by atoms with Gasteiger partial charge < -0.3 is 15.0 Å². The zero-order valence-corrected chi connectivity index (χ0v) is 14.5. The van der Waals surface area contributed by atoms with Gasteiger partial charge in [-0.2, -0.15) is 0 Å². The number of benzene rings is 1. The maximum absolute atomic E-state index is 12.2. The summed E-state index contributed by atoms with van der Waals surface area (Å²) < 4.78 is 4.95. The molecule has 1 heterocycles. The van der Waals surface area contributed by atoms with Crippen LogP contribution in [-0.2, 0) is 19.1 Å². The summed E-state index contributed by atoms with van der Waals surface area (Å²) in [5.74, 6) is -2.11. The zero-order chi connectivity index (χ0) is 18.7. The number of carbonyl (C=O) groups excluding carboxylic acids is 4. The lowest BCUT2D eigenvalue weighted by Crippen LogP contribution is -2.42. The van der Waals surface area contributed by atoms with Crippen LogP contribution in [0, 0.1) is 12.8 Å². The van der Waals surface area contributed by atoms with E-state index < -0.39 is 30.4 Å². The molecule has 1 aromatic carbocycles. The van der Waals surface area contributed by atoms with Gasteiger partial charge in [0.1, 0.15) is 0 Å².